The van der Waals surface area contributed by atoms with E-state index in [1.54, 1.807) is 0 Å². The van der Waals surface area contributed by atoms with Crippen molar-refractivity contribution >= 4 is 5.69 Å². The van der Waals surface area contributed by atoms with Crippen molar-refractivity contribution in [2.75, 3.05) is 18.5 Å². The van der Waals surface area contributed by atoms with E-state index in [0.29, 0.717) is 12.1 Å². The lowest BCUT2D eigenvalue weighted by Crippen LogP contribution is -2.32. The summed E-state index contributed by atoms with van der Waals surface area (Å²) in [6.45, 7) is 8.03. The molecular formula is C18H30N2O. The highest BCUT2D eigenvalue weighted by Gasteiger charge is 2.21. The zero-order valence-corrected chi connectivity index (χ0v) is 13.7. The van der Waals surface area contributed by atoms with Gasteiger partial charge in [-0.05, 0) is 50.3 Å². The standard InChI is InChI=1S/C18H30N2O/c1-4-21-13-18(2,3)14-5-9-16(10-6-14)20-17-11-7-15(19)8-12-17/h5-6,9-10,15,17,20H,4,7-8,11-13,19H2,1-3H3. The Hall–Kier alpha value is -1.06. The number of nitrogens with two attached hydrogens (primary N) is 1. The Bertz CT molecular complexity index is 419. The first-order valence-electron chi connectivity index (χ1n) is 8.21. The molecule has 1 fully saturated rings. The zero-order valence-electron chi connectivity index (χ0n) is 13.7. The lowest BCUT2D eigenvalue weighted by Gasteiger charge is -2.28. The summed E-state index contributed by atoms with van der Waals surface area (Å²) in [7, 11) is 0. The van der Waals surface area contributed by atoms with Crippen LogP contribution in [0, 0.1) is 0 Å². The summed E-state index contributed by atoms with van der Waals surface area (Å²) in [6.07, 6.45) is 4.63. The second-order valence-corrected chi connectivity index (χ2v) is 6.85. The van der Waals surface area contributed by atoms with Crippen molar-refractivity contribution < 1.29 is 4.74 Å². The van der Waals surface area contributed by atoms with Crippen LogP contribution in [0.5, 0.6) is 0 Å². The summed E-state index contributed by atoms with van der Waals surface area (Å²) in [5, 5.41) is 3.64. The minimum absolute atomic E-state index is 0.0617. The summed E-state index contributed by atoms with van der Waals surface area (Å²) in [4.78, 5) is 0. The zero-order chi connectivity index (χ0) is 15.3. The van der Waals surface area contributed by atoms with Crippen molar-refractivity contribution in [1.82, 2.24) is 0 Å². The van der Waals surface area contributed by atoms with Gasteiger partial charge >= 0.3 is 0 Å². The van der Waals surface area contributed by atoms with Gasteiger partial charge in [0, 0.05) is 29.8 Å². The smallest absolute Gasteiger partial charge is 0.0557 e. The van der Waals surface area contributed by atoms with Crippen molar-refractivity contribution in [3.63, 3.8) is 0 Å². The highest BCUT2D eigenvalue weighted by atomic mass is 16.5. The highest BCUT2D eigenvalue weighted by molar-refractivity contribution is 5.46. The van der Waals surface area contributed by atoms with Gasteiger partial charge in [-0.3, -0.25) is 0 Å². The molecule has 0 aliphatic heterocycles. The fourth-order valence-corrected chi connectivity index (χ4v) is 2.96. The molecule has 2 rings (SSSR count). The van der Waals surface area contributed by atoms with E-state index in [4.69, 9.17) is 10.5 Å². The molecule has 1 aromatic carbocycles. The van der Waals surface area contributed by atoms with Gasteiger partial charge in [0.05, 0.1) is 6.61 Å². The van der Waals surface area contributed by atoms with Gasteiger partial charge in [-0.15, -0.1) is 0 Å². The molecule has 1 aliphatic rings. The van der Waals surface area contributed by atoms with Crippen molar-refractivity contribution in [3.05, 3.63) is 29.8 Å². The molecule has 21 heavy (non-hydrogen) atoms. The average Bonchev–Trinajstić information content (AvgIpc) is 2.48. The van der Waals surface area contributed by atoms with Crippen LogP contribution in [-0.4, -0.2) is 25.3 Å². The molecule has 0 aromatic heterocycles. The molecule has 0 spiro atoms. The largest absolute Gasteiger partial charge is 0.382 e. The molecule has 3 N–H and O–H groups in total. The van der Waals surface area contributed by atoms with Crippen LogP contribution in [0.3, 0.4) is 0 Å². The summed E-state index contributed by atoms with van der Waals surface area (Å²) >= 11 is 0. The summed E-state index contributed by atoms with van der Waals surface area (Å²) in [6, 6.07) is 9.80. The number of nitrogens with one attached hydrogen (secondary N) is 1. The van der Waals surface area contributed by atoms with E-state index in [-0.39, 0.29) is 5.41 Å². The van der Waals surface area contributed by atoms with E-state index in [1.807, 2.05) is 6.92 Å². The van der Waals surface area contributed by atoms with Crippen LogP contribution in [0.25, 0.3) is 0 Å². The van der Waals surface area contributed by atoms with Crippen LogP contribution in [0.15, 0.2) is 24.3 Å². The van der Waals surface area contributed by atoms with Crippen molar-refractivity contribution in [3.8, 4) is 0 Å². The van der Waals surface area contributed by atoms with E-state index in [9.17, 15) is 0 Å². The molecule has 0 saturated heterocycles. The second-order valence-electron chi connectivity index (χ2n) is 6.85. The summed E-state index contributed by atoms with van der Waals surface area (Å²) in [5.74, 6) is 0. The number of rotatable bonds is 6. The molecule has 0 unspecified atom stereocenters. The van der Waals surface area contributed by atoms with Crippen LogP contribution in [0.4, 0.5) is 5.69 Å². The Morgan fingerprint density at radius 1 is 1.14 bits per heavy atom. The molecule has 0 atom stereocenters. The minimum atomic E-state index is 0.0617. The maximum atomic E-state index is 5.96. The molecule has 3 nitrogen and oxygen atoms in total. The topological polar surface area (TPSA) is 47.3 Å². The van der Waals surface area contributed by atoms with Crippen LogP contribution < -0.4 is 11.1 Å². The lowest BCUT2D eigenvalue weighted by molar-refractivity contribution is 0.105. The van der Waals surface area contributed by atoms with Gasteiger partial charge in [-0.25, -0.2) is 0 Å². The number of benzene rings is 1. The molecule has 1 saturated carbocycles. The van der Waals surface area contributed by atoms with Crippen molar-refractivity contribution in [1.29, 1.82) is 0 Å². The van der Waals surface area contributed by atoms with E-state index in [1.165, 1.54) is 24.1 Å². The van der Waals surface area contributed by atoms with E-state index in [0.717, 1.165) is 26.1 Å². The third-order valence-electron chi connectivity index (χ3n) is 4.48. The first-order valence-corrected chi connectivity index (χ1v) is 8.21. The first kappa shape index (κ1) is 16.3. The fourth-order valence-electron chi connectivity index (χ4n) is 2.96. The maximum Gasteiger partial charge on any atom is 0.0557 e. The molecule has 3 heteroatoms. The maximum absolute atomic E-state index is 5.96. The molecule has 0 bridgehead atoms. The van der Waals surface area contributed by atoms with E-state index in [2.05, 4.69) is 43.4 Å². The Kier molecular flexibility index (Phi) is 5.65. The Morgan fingerprint density at radius 2 is 1.76 bits per heavy atom. The molecular weight excluding hydrogens is 260 g/mol. The van der Waals surface area contributed by atoms with Gasteiger partial charge in [-0.2, -0.15) is 0 Å². The average molecular weight is 290 g/mol. The quantitative estimate of drug-likeness (QED) is 0.840. The lowest BCUT2D eigenvalue weighted by atomic mass is 9.85. The number of ether oxygens (including phenoxy) is 1. The first-order chi connectivity index (χ1) is 10.0. The molecule has 1 aromatic rings. The Balaban J connectivity index is 1.92. The predicted octanol–water partition coefficient (Wildman–Crippen LogP) is 3.68. The van der Waals surface area contributed by atoms with Crippen LogP contribution in [0.1, 0.15) is 52.0 Å². The minimum Gasteiger partial charge on any atom is -0.382 e. The third-order valence-corrected chi connectivity index (χ3v) is 4.48. The van der Waals surface area contributed by atoms with E-state index >= 15 is 0 Å². The summed E-state index contributed by atoms with van der Waals surface area (Å²) in [5.41, 5.74) is 8.56. The van der Waals surface area contributed by atoms with Crippen LogP contribution in [0.2, 0.25) is 0 Å². The fraction of sp³-hybridized carbons (Fsp3) is 0.667. The normalized spacial score (nSPS) is 23.0. The Morgan fingerprint density at radius 3 is 2.33 bits per heavy atom. The van der Waals surface area contributed by atoms with Gasteiger partial charge in [0.2, 0.25) is 0 Å². The van der Waals surface area contributed by atoms with E-state index < -0.39 is 0 Å². The van der Waals surface area contributed by atoms with Gasteiger partial charge in [0.25, 0.3) is 0 Å². The molecule has 0 radical (unpaired) electrons. The molecule has 0 amide bonds. The van der Waals surface area contributed by atoms with Crippen LogP contribution in [-0.2, 0) is 10.2 Å². The third kappa shape index (κ3) is 4.72. The molecule has 118 valence electrons. The monoisotopic (exact) mass is 290 g/mol. The highest BCUT2D eigenvalue weighted by Crippen LogP contribution is 2.26. The molecule has 1 aliphatic carbocycles. The van der Waals surface area contributed by atoms with Gasteiger partial charge in [0.1, 0.15) is 0 Å². The van der Waals surface area contributed by atoms with Crippen LogP contribution >= 0.6 is 0 Å². The Labute approximate surface area is 129 Å². The van der Waals surface area contributed by atoms with Crippen molar-refractivity contribution in [2.45, 2.75) is 64.0 Å². The SMILES string of the molecule is CCOCC(C)(C)c1ccc(NC2CCC(N)CC2)cc1. The number of hydrogen-bond acceptors (Lipinski definition) is 3. The van der Waals surface area contributed by atoms with Gasteiger partial charge in [-0.1, -0.05) is 26.0 Å². The summed E-state index contributed by atoms with van der Waals surface area (Å²) < 4.78 is 5.59. The van der Waals surface area contributed by atoms with Gasteiger partial charge in [0.15, 0.2) is 0 Å². The number of anilines is 1. The molecule has 0 heterocycles. The second kappa shape index (κ2) is 7.28. The van der Waals surface area contributed by atoms with Crippen molar-refractivity contribution in [2.24, 2.45) is 5.73 Å². The van der Waals surface area contributed by atoms with Gasteiger partial charge < -0.3 is 15.8 Å². The predicted molar refractivity (Wildman–Crippen MR) is 89.8 cm³/mol. The number of hydrogen-bond donors (Lipinski definition) is 2.